The predicted molar refractivity (Wildman–Crippen MR) is 55.6 cm³/mol. The number of aryl methyl sites for hydroxylation is 1. The van der Waals surface area contributed by atoms with Crippen molar-refractivity contribution in [2.24, 2.45) is 0 Å². The van der Waals surface area contributed by atoms with Crippen LogP contribution in [0.5, 0.6) is 0 Å². The number of aliphatic hydroxyl groups is 1. The lowest BCUT2D eigenvalue weighted by Gasteiger charge is -2.36. The van der Waals surface area contributed by atoms with Gasteiger partial charge < -0.3 is 10.8 Å². The van der Waals surface area contributed by atoms with Crippen molar-refractivity contribution < 1.29 is 5.11 Å². The van der Waals surface area contributed by atoms with E-state index in [4.69, 9.17) is 5.73 Å². The van der Waals surface area contributed by atoms with E-state index in [-0.39, 0.29) is 5.95 Å². The number of nitrogens with zero attached hydrogens (tertiary/aromatic N) is 3. The molecule has 3 N–H and O–H groups in total. The van der Waals surface area contributed by atoms with Crippen LogP contribution in [-0.4, -0.2) is 25.5 Å². The SMILES string of the molecule is Nc1nc(Br)n(CCC2(O)CCC2)n1. The first-order valence-corrected chi connectivity index (χ1v) is 5.47. The van der Waals surface area contributed by atoms with Gasteiger partial charge in [0.15, 0.2) is 4.73 Å². The molecule has 0 spiro atoms. The zero-order chi connectivity index (χ0) is 10.2. The van der Waals surface area contributed by atoms with Crippen molar-refractivity contribution in [3.8, 4) is 0 Å². The number of rotatable bonds is 3. The first-order chi connectivity index (χ1) is 6.59. The van der Waals surface area contributed by atoms with E-state index < -0.39 is 5.60 Å². The largest absolute Gasteiger partial charge is 0.390 e. The fourth-order valence-electron chi connectivity index (χ4n) is 1.63. The van der Waals surface area contributed by atoms with Gasteiger partial charge >= 0.3 is 0 Å². The van der Waals surface area contributed by atoms with E-state index in [0.717, 1.165) is 19.3 Å². The molecule has 0 bridgehead atoms. The van der Waals surface area contributed by atoms with Gasteiger partial charge in [-0.1, -0.05) is 0 Å². The van der Waals surface area contributed by atoms with Crippen molar-refractivity contribution in [1.82, 2.24) is 14.8 Å². The fourth-order valence-corrected chi connectivity index (χ4v) is 2.07. The average molecular weight is 261 g/mol. The van der Waals surface area contributed by atoms with Crippen LogP contribution in [0.25, 0.3) is 0 Å². The second-order valence-electron chi connectivity index (χ2n) is 3.79. The van der Waals surface area contributed by atoms with Crippen LogP contribution >= 0.6 is 15.9 Å². The van der Waals surface area contributed by atoms with Gasteiger partial charge in [0.1, 0.15) is 0 Å². The Balaban J connectivity index is 1.94. The predicted octanol–water partition coefficient (Wildman–Crippen LogP) is 0.928. The van der Waals surface area contributed by atoms with Gasteiger partial charge in [0.05, 0.1) is 5.60 Å². The lowest BCUT2D eigenvalue weighted by atomic mass is 9.78. The minimum absolute atomic E-state index is 0.262. The standard InChI is InChI=1S/C8H13BrN4O/c9-6-11-7(10)12-13(6)5-4-8(14)2-1-3-8/h14H,1-5H2,(H2,10,12). The van der Waals surface area contributed by atoms with E-state index in [9.17, 15) is 5.11 Å². The van der Waals surface area contributed by atoms with Crippen molar-refractivity contribution in [3.05, 3.63) is 4.73 Å². The number of hydrogen-bond donors (Lipinski definition) is 2. The zero-order valence-electron chi connectivity index (χ0n) is 7.78. The lowest BCUT2D eigenvalue weighted by Crippen LogP contribution is -2.37. The molecule has 0 radical (unpaired) electrons. The van der Waals surface area contributed by atoms with Crippen molar-refractivity contribution in [2.75, 3.05) is 5.73 Å². The number of anilines is 1. The molecule has 1 saturated carbocycles. The summed E-state index contributed by atoms with van der Waals surface area (Å²) in [7, 11) is 0. The molecular weight excluding hydrogens is 248 g/mol. The van der Waals surface area contributed by atoms with Crippen LogP contribution in [0.4, 0.5) is 5.95 Å². The first kappa shape index (κ1) is 9.92. The summed E-state index contributed by atoms with van der Waals surface area (Å²) in [5.74, 6) is 0.262. The first-order valence-electron chi connectivity index (χ1n) is 4.67. The van der Waals surface area contributed by atoms with Crippen molar-refractivity contribution in [2.45, 2.75) is 37.8 Å². The topological polar surface area (TPSA) is 77.0 Å². The van der Waals surface area contributed by atoms with E-state index in [2.05, 4.69) is 26.0 Å². The van der Waals surface area contributed by atoms with E-state index in [1.807, 2.05) is 0 Å². The maximum atomic E-state index is 9.86. The summed E-state index contributed by atoms with van der Waals surface area (Å²) in [6, 6.07) is 0. The summed E-state index contributed by atoms with van der Waals surface area (Å²) < 4.78 is 2.30. The van der Waals surface area contributed by atoms with Gasteiger partial charge in [0.2, 0.25) is 5.95 Å². The molecule has 0 aromatic carbocycles. The number of hydrogen-bond acceptors (Lipinski definition) is 4. The highest BCUT2D eigenvalue weighted by molar-refractivity contribution is 9.10. The van der Waals surface area contributed by atoms with Gasteiger partial charge in [-0.25, -0.2) is 4.68 Å². The van der Waals surface area contributed by atoms with Crippen LogP contribution in [-0.2, 0) is 6.54 Å². The fraction of sp³-hybridized carbons (Fsp3) is 0.750. The zero-order valence-corrected chi connectivity index (χ0v) is 9.37. The molecule has 1 fully saturated rings. The molecule has 1 aromatic rings. The normalized spacial score (nSPS) is 19.3. The third-order valence-electron chi connectivity index (χ3n) is 2.72. The van der Waals surface area contributed by atoms with Gasteiger partial charge in [0, 0.05) is 6.54 Å². The van der Waals surface area contributed by atoms with E-state index in [1.165, 1.54) is 0 Å². The van der Waals surface area contributed by atoms with Gasteiger partial charge in [0.25, 0.3) is 0 Å². The van der Waals surface area contributed by atoms with Crippen LogP contribution in [0.2, 0.25) is 0 Å². The molecule has 0 unspecified atom stereocenters. The molecule has 14 heavy (non-hydrogen) atoms. The maximum Gasteiger partial charge on any atom is 0.240 e. The number of nitrogen functional groups attached to an aromatic ring is 1. The molecule has 1 heterocycles. The molecule has 0 atom stereocenters. The second-order valence-corrected chi connectivity index (χ2v) is 4.50. The van der Waals surface area contributed by atoms with E-state index in [0.29, 0.717) is 17.7 Å². The minimum Gasteiger partial charge on any atom is -0.390 e. The van der Waals surface area contributed by atoms with E-state index >= 15 is 0 Å². The average Bonchev–Trinajstić information content (AvgIpc) is 2.38. The molecule has 78 valence electrons. The molecule has 1 aromatic heterocycles. The summed E-state index contributed by atoms with van der Waals surface area (Å²) in [5, 5.41) is 13.9. The molecule has 6 heteroatoms. The quantitative estimate of drug-likeness (QED) is 0.848. The van der Waals surface area contributed by atoms with Crippen molar-refractivity contribution in [3.63, 3.8) is 0 Å². The van der Waals surface area contributed by atoms with Crippen LogP contribution in [0.3, 0.4) is 0 Å². The molecular formula is C8H13BrN4O. The molecule has 0 saturated heterocycles. The molecule has 0 aliphatic heterocycles. The van der Waals surface area contributed by atoms with Crippen molar-refractivity contribution >= 4 is 21.9 Å². The van der Waals surface area contributed by atoms with E-state index in [1.54, 1.807) is 4.68 Å². The molecule has 1 aliphatic rings. The monoisotopic (exact) mass is 260 g/mol. The molecule has 5 nitrogen and oxygen atoms in total. The van der Waals surface area contributed by atoms with Gasteiger partial charge in [-0.05, 0) is 41.6 Å². The highest BCUT2D eigenvalue weighted by Crippen LogP contribution is 2.35. The maximum absolute atomic E-state index is 9.86. The molecule has 0 amide bonds. The Morgan fingerprint density at radius 1 is 1.57 bits per heavy atom. The molecule has 2 rings (SSSR count). The Morgan fingerprint density at radius 2 is 2.29 bits per heavy atom. The molecule has 1 aliphatic carbocycles. The number of halogens is 1. The van der Waals surface area contributed by atoms with Crippen LogP contribution < -0.4 is 5.73 Å². The van der Waals surface area contributed by atoms with Gasteiger partial charge in [-0.3, -0.25) is 0 Å². The third kappa shape index (κ3) is 1.90. The second kappa shape index (κ2) is 3.51. The Hall–Kier alpha value is -0.620. The smallest absolute Gasteiger partial charge is 0.240 e. The van der Waals surface area contributed by atoms with Crippen LogP contribution in [0.1, 0.15) is 25.7 Å². The Kier molecular flexibility index (Phi) is 2.48. The highest BCUT2D eigenvalue weighted by atomic mass is 79.9. The Bertz CT molecular complexity index is 334. The number of nitrogens with two attached hydrogens (primary N) is 1. The number of aromatic nitrogens is 3. The minimum atomic E-state index is -0.472. The summed E-state index contributed by atoms with van der Waals surface area (Å²) in [6.07, 6.45) is 3.63. The summed E-state index contributed by atoms with van der Waals surface area (Å²) in [4.78, 5) is 3.92. The highest BCUT2D eigenvalue weighted by Gasteiger charge is 2.34. The van der Waals surface area contributed by atoms with Gasteiger partial charge in [-0.2, -0.15) is 4.98 Å². The lowest BCUT2D eigenvalue weighted by molar-refractivity contribution is -0.0440. The van der Waals surface area contributed by atoms with Crippen molar-refractivity contribution in [1.29, 1.82) is 0 Å². The summed E-state index contributed by atoms with van der Waals surface area (Å²) in [5.41, 5.74) is 4.96. The van der Waals surface area contributed by atoms with Crippen LogP contribution in [0.15, 0.2) is 4.73 Å². The van der Waals surface area contributed by atoms with Gasteiger partial charge in [-0.15, -0.1) is 5.10 Å². The van der Waals surface area contributed by atoms with Crippen LogP contribution in [0, 0.1) is 0 Å². The Morgan fingerprint density at radius 3 is 2.71 bits per heavy atom. The Labute approximate surface area is 90.4 Å². The summed E-state index contributed by atoms with van der Waals surface area (Å²) >= 11 is 3.25. The summed E-state index contributed by atoms with van der Waals surface area (Å²) in [6.45, 7) is 0.654. The third-order valence-corrected chi connectivity index (χ3v) is 3.30.